The number of aryl methyl sites for hydroxylation is 2. The molecule has 0 atom stereocenters. The lowest BCUT2D eigenvalue weighted by Gasteiger charge is -2.08. The summed E-state index contributed by atoms with van der Waals surface area (Å²) in [5.41, 5.74) is 4.18. The van der Waals surface area contributed by atoms with Crippen LogP contribution in [0.4, 0.5) is 11.4 Å². The van der Waals surface area contributed by atoms with E-state index >= 15 is 0 Å². The minimum Gasteiger partial charge on any atom is -0.479 e. The maximum Gasteiger partial charge on any atom is 0.311 e. The summed E-state index contributed by atoms with van der Waals surface area (Å²) in [4.78, 5) is 23.5. The van der Waals surface area contributed by atoms with Crippen LogP contribution in [0.15, 0.2) is 63.5 Å². The van der Waals surface area contributed by atoms with Crippen molar-refractivity contribution in [3.05, 3.63) is 103 Å². The van der Waals surface area contributed by atoms with Crippen molar-refractivity contribution in [1.82, 2.24) is 9.78 Å². The number of nitro benzene ring substituents is 1. The molecule has 1 amide bonds. The second-order valence-corrected chi connectivity index (χ2v) is 8.87. The lowest BCUT2D eigenvalue weighted by molar-refractivity contribution is -0.386. The number of furan rings is 1. The van der Waals surface area contributed by atoms with Crippen LogP contribution in [-0.2, 0) is 13.2 Å². The van der Waals surface area contributed by atoms with Crippen molar-refractivity contribution in [3.63, 3.8) is 0 Å². The molecular formula is C25H23BrN4O5. The molecule has 0 radical (unpaired) electrons. The molecule has 4 aromatic rings. The Hall–Kier alpha value is -3.92. The van der Waals surface area contributed by atoms with Crippen molar-refractivity contribution in [2.45, 2.75) is 33.9 Å². The molecule has 0 unspecified atom stereocenters. The van der Waals surface area contributed by atoms with Crippen molar-refractivity contribution in [1.29, 1.82) is 0 Å². The average molecular weight is 539 g/mol. The molecule has 10 heteroatoms. The predicted octanol–water partition coefficient (Wildman–Crippen LogP) is 5.95. The molecule has 0 aliphatic carbocycles. The fraction of sp³-hybridized carbons (Fsp3) is 0.200. The number of nitrogens with zero attached hydrogens (tertiary/aromatic N) is 3. The molecule has 9 nitrogen and oxygen atoms in total. The molecule has 180 valence electrons. The van der Waals surface area contributed by atoms with E-state index in [0.717, 1.165) is 27.0 Å². The van der Waals surface area contributed by atoms with Crippen LogP contribution in [0.1, 0.15) is 38.8 Å². The zero-order chi connectivity index (χ0) is 25.1. The Kier molecular flexibility index (Phi) is 7.02. The van der Waals surface area contributed by atoms with Crippen molar-refractivity contribution in [2.24, 2.45) is 0 Å². The molecule has 0 aliphatic heterocycles. The number of halogens is 1. The van der Waals surface area contributed by atoms with Crippen LogP contribution >= 0.6 is 15.9 Å². The molecule has 35 heavy (non-hydrogen) atoms. The largest absolute Gasteiger partial charge is 0.479 e. The highest BCUT2D eigenvalue weighted by atomic mass is 79.9. The van der Waals surface area contributed by atoms with Gasteiger partial charge in [0.25, 0.3) is 5.91 Å². The molecule has 2 heterocycles. The van der Waals surface area contributed by atoms with Gasteiger partial charge in [0.05, 0.1) is 27.3 Å². The molecular weight excluding hydrogens is 516 g/mol. The summed E-state index contributed by atoms with van der Waals surface area (Å²) in [5, 5.41) is 18.6. The number of nitro groups is 1. The van der Waals surface area contributed by atoms with Gasteiger partial charge in [-0.15, -0.1) is 0 Å². The van der Waals surface area contributed by atoms with Gasteiger partial charge in [-0.1, -0.05) is 18.2 Å². The quantitative estimate of drug-likeness (QED) is 0.219. The first-order valence-electron chi connectivity index (χ1n) is 10.8. The van der Waals surface area contributed by atoms with Crippen LogP contribution in [0.25, 0.3) is 0 Å². The second kappa shape index (κ2) is 10.1. The predicted molar refractivity (Wildman–Crippen MR) is 134 cm³/mol. The fourth-order valence-electron chi connectivity index (χ4n) is 3.56. The van der Waals surface area contributed by atoms with Crippen LogP contribution in [-0.4, -0.2) is 20.6 Å². The molecule has 0 saturated heterocycles. The Labute approximate surface area is 210 Å². The molecule has 0 bridgehead atoms. The lowest BCUT2D eigenvalue weighted by Crippen LogP contribution is -2.11. The third-order valence-corrected chi connectivity index (χ3v) is 6.52. The highest BCUT2D eigenvalue weighted by Crippen LogP contribution is 2.29. The van der Waals surface area contributed by atoms with E-state index in [9.17, 15) is 14.9 Å². The Bertz CT molecular complexity index is 1410. The number of aromatic nitrogens is 2. The molecule has 1 N–H and O–H groups in total. The summed E-state index contributed by atoms with van der Waals surface area (Å²) in [6, 6.07) is 15.4. The Morgan fingerprint density at radius 2 is 1.97 bits per heavy atom. The number of carbonyl (C=O) groups is 1. The number of amides is 1. The maximum absolute atomic E-state index is 12.7. The number of benzene rings is 2. The number of nitrogens with one attached hydrogen (secondary N) is 1. The first kappa shape index (κ1) is 24.2. The summed E-state index contributed by atoms with van der Waals surface area (Å²) in [6.45, 7) is 6.21. The van der Waals surface area contributed by atoms with Gasteiger partial charge in [0, 0.05) is 11.8 Å². The summed E-state index contributed by atoms with van der Waals surface area (Å²) in [7, 11) is 0. The minimum absolute atomic E-state index is 0.0507. The SMILES string of the molecule is Cc1ccc(OCc2ccc(C(=O)Nc3cccc(Cn4nc(C)c(Br)c4C)c3)o2)c([N+](=O)[O-])c1. The van der Waals surface area contributed by atoms with E-state index < -0.39 is 10.8 Å². The summed E-state index contributed by atoms with van der Waals surface area (Å²) >= 11 is 3.54. The Morgan fingerprint density at radius 3 is 2.69 bits per heavy atom. The highest BCUT2D eigenvalue weighted by Gasteiger charge is 2.17. The van der Waals surface area contributed by atoms with E-state index in [-0.39, 0.29) is 23.8 Å². The smallest absolute Gasteiger partial charge is 0.311 e. The first-order valence-corrected chi connectivity index (χ1v) is 11.6. The van der Waals surface area contributed by atoms with E-state index in [1.807, 2.05) is 36.7 Å². The van der Waals surface area contributed by atoms with E-state index in [4.69, 9.17) is 9.15 Å². The van der Waals surface area contributed by atoms with Gasteiger partial charge in [-0.05, 0) is 78.2 Å². The van der Waals surface area contributed by atoms with Crippen molar-refractivity contribution < 1.29 is 18.9 Å². The van der Waals surface area contributed by atoms with Crippen molar-refractivity contribution >= 4 is 33.2 Å². The third kappa shape index (κ3) is 5.60. The van der Waals surface area contributed by atoms with E-state index in [1.165, 1.54) is 12.1 Å². The average Bonchev–Trinajstić information content (AvgIpc) is 3.39. The standard InChI is InChI=1S/C25H23BrN4O5/c1-15-7-9-22(21(11-15)30(32)33)34-14-20-8-10-23(35-20)25(31)27-19-6-4-5-18(12-19)13-29-17(3)24(26)16(2)28-29/h4-12H,13-14H2,1-3H3,(H,27,31). The third-order valence-electron chi connectivity index (χ3n) is 5.38. The number of anilines is 1. The van der Waals surface area contributed by atoms with Gasteiger partial charge < -0.3 is 14.5 Å². The van der Waals surface area contributed by atoms with Crippen LogP contribution < -0.4 is 10.1 Å². The molecule has 2 aromatic carbocycles. The molecule has 0 fully saturated rings. The van der Waals surface area contributed by atoms with Gasteiger partial charge in [-0.2, -0.15) is 5.10 Å². The minimum atomic E-state index is -0.495. The van der Waals surface area contributed by atoms with Gasteiger partial charge in [0.2, 0.25) is 0 Å². The van der Waals surface area contributed by atoms with E-state index in [1.54, 1.807) is 31.2 Å². The van der Waals surface area contributed by atoms with Gasteiger partial charge in [0.1, 0.15) is 12.4 Å². The Morgan fingerprint density at radius 1 is 1.17 bits per heavy atom. The number of carbonyl (C=O) groups excluding carboxylic acids is 1. The Balaban J connectivity index is 1.40. The molecule has 0 spiro atoms. The van der Waals surface area contributed by atoms with Crippen LogP contribution in [0, 0.1) is 30.9 Å². The van der Waals surface area contributed by atoms with Gasteiger partial charge >= 0.3 is 5.69 Å². The summed E-state index contributed by atoms with van der Waals surface area (Å²) < 4.78 is 14.0. The van der Waals surface area contributed by atoms with Gasteiger partial charge in [0.15, 0.2) is 11.5 Å². The van der Waals surface area contributed by atoms with E-state index in [2.05, 4.69) is 26.3 Å². The topological polar surface area (TPSA) is 112 Å². The molecule has 0 aliphatic rings. The number of hydrogen-bond donors (Lipinski definition) is 1. The zero-order valence-electron chi connectivity index (χ0n) is 19.4. The normalized spacial score (nSPS) is 10.9. The summed E-state index contributed by atoms with van der Waals surface area (Å²) in [6.07, 6.45) is 0. The molecule has 2 aromatic heterocycles. The monoisotopic (exact) mass is 538 g/mol. The fourth-order valence-corrected chi connectivity index (χ4v) is 3.84. The van der Waals surface area contributed by atoms with Crippen LogP contribution in [0.5, 0.6) is 5.75 Å². The number of rotatable bonds is 8. The van der Waals surface area contributed by atoms with E-state index in [0.29, 0.717) is 18.0 Å². The van der Waals surface area contributed by atoms with Gasteiger partial charge in [-0.25, -0.2) is 0 Å². The van der Waals surface area contributed by atoms with Gasteiger partial charge in [-0.3, -0.25) is 19.6 Å². The van der Waals surface area contributed by atoms with Crippen LogP contribution in [0.3, 0.4) is 0 Å². The summed E-state index contributed by atoms with van der Waals surface area (Å²) in [5.74, 6) is 0.196. The van der Waals surface area contributed by atoms with Crippen molar-refractivity contribution in [2.75, 3.05) is 5.32 Å². The molecule has 0 saturated carbocycles. The van der Waals surface area contributed by atoms with Crippen molar-refractivity contribution in [3.8, 4) is 5.75 Å². The maximum atomic E-state index is 12.7. The highest BCUT2D eigenvalue weighted by molar-refractivity contribution is 9.10. The van der Waals surface area contributed by atoms with Crippen LogP contribution in [0.2, 0.25) is 0 Å². The molecule has 4 rings (SSSR count). The first-order chi connectivity index (χ1) is 16.7. The lowest BCUT2D eigenvalue weighted by atomic mass is 10.2. The second-order valence-electron chi connectivity index (χ2n) is 8.08. The number of hydrogen-bond acceptors (Lipinski definition) is 6. The number of ether oxygens (including phenoxy) is 1. The zero-order valence-corrected chi connectivity index (χ0v) is 21.0.